The smallest absolute Gasteiger partial charge is 0.241 e. The van der Waals surface area contributed by atoms with Crippen molar-refractivity contribution in [1.29, 1.82) is 0 Å². The van der Waals surface area contributed by atoms with Crippen molar-refractivity contribution in [3.63, 3.8) is 0 Å². The van der Waals surface area contributed by atoms with Gasteiger partial charge in [-0.25, -0.2) is 13.1 Å². The number of aromatic nitrogens is 4. The van der Waals surface area contributed by atoms with Crippen LogP contribution in [0.15, 0.2) is 23.1 Å². The molecular formula is C10H11N5O4S. The average molecular weight is 297 g/mol. The van der Waals surface area contributed by atoms with E-state index >= 15 is 0 Å². The summed E-state index contributed by atoms with van der Waals surface area (Å²) in [5, 5.41) is 12.9. The normalized spacial score (nSPS) is 14.2. The highest BCUT2D eigenvalue weighted by molar-refractivity contribution is 7.89. The molecule has 1 aliphatic heterocycles. The molecule has 20 heavy (non-hydrogen) atoms. The standard InChI is InChI=1S/C10H11N5O4S/c16-20(17,11-6-10-12-14-15-13-10)7-1-2-8-9(5-7)19-4-3-18-8/h1-2,5,11H,3-4,6H2,(H,12,13,14,15). The Morgan fingerprint density at radius 3 is 2.80 bits per heavy atom. The minimum atomic E-state index is -3.68. The van der Waals surface area contributed by atoms with Crippen LogP contribution in [0.5, 0.6) is 11.5 Å². The van der Waals surface area contributed by atoms with E-state index in [4.69, 9.17) is 9.47 Å². The van der Waals surface area contributed by atoms with Gasteiger partial charge < -0.3 is 9.47 Å². The number of nitrogens with zero attached hydrogens (tertiary/aromatic N) is 3. The van der Waals surface area contributed by atoms with Crippen molar-refractivity contribution in [2.24, 2.45) is 0 Å². The van der Waals surface area contributed by atoms with Gasteiger partial charge in [0.25, 0.3) is 0 Å². The fourth-order valence-corrected chi connectivity index (χ4v) is 2.69. The molecule has 2 N–H and O–H groups in total. The molecule has 0 fully saturated rings. The maximum atomic E-state index is 12.1. The van der Waals surface area contributed by atoms with Crippen LogP contribution in [-0.4, -0.2) is 42.3 Å². The number of sulfonamides is 1. The van der Waals surface area contributed by atoms with E-state index < -0.39 is 10.0 Å². The van der Waals surface area contributed by atoms with Gasteiger partial charge in [0.2, 0.25) is 10.0 Å². The number of hydrogen-bond acceptors (Lipinski definition) is 7. The maximum Gasteiger partial charge on any atom is 0.241 e. The fourth-order valence-electron chi connectivity index (χ4n) is 1.69. The third kappa shape index (κ3) is 2.56. The third-order valence-corrected chi connectivity index (χ3v) is 4.03. The SMILES string of the molecule is O=S(=O)(NCc1nn[nH]n1)c1ccc2c(c1)OCCO2. The van der Waals surface area contributed by atoms with Crippen molar-refractivity contribution in [2.75, 3.05) is 13.2 Å². The van der Waals surface area contributed by atoms with E-state index in [9.17, 15) is 8.42 Å². The molecule has 0 aliphatic carbocycles. The highest BCUT2D eigenvalue weighted by Crippen LogP contribution is 2.32. The van der Waals surface area contributed by atoms with Gasteiger partial charge in [-0.15, -0.1) is 10.2 Å². The predicted octanol–water partition coefficient (Wildman–Crippen LogP) is -0.551. The van der Waals surface area contributed by atoms with Crippen molar-refractivity contribution in [1.82, 2.24) is 25.3 Å². The number of rotatable bonds is 4. The number of aromatic amines is 1. The van der Waals surface area contributed by atoms with Crippen LogP contribution in [0.4, 0.5) is 0 Å². The Morgan fingerprint density at radius 2 is 2.05 bits per heavy atom. The van der Waals surface area contributed by atoms with E-state index in [-0.39, 0.29) is 17.3 Å². The number of tetrazole rings is 1. The largest absolute Gasteiger partial charge is 0.486 e. The summed E-state index contributed by atoms with van der Waals surface area (Å²) in [6.07, 6.45) is 0. The molecule has 1 aromatic heterocycles. The van der Waals surface area contributed by atoms with Gasteiger partial charge in [-0.1, -0.05) is 5.21 Å². The van der Waals surface area contributed by atoms with E-state index in [0.717, 1.165) is 0 Å². The summed E-state index contributed by atoms with van der Waals surface area (Å²) >= 11 is 0. The molecular weight excluding hydrogens is 286 g/mol. The molecule has 0 radical (unpaired) electrons. The highest BCUT2D eigenvalue weighted by atomic mass is 32.2. The van der Waals surface area contributed by atoms with Gasteiger partial charge in [-0.3, -0.25) is 0 Å². The Labute approximate surface area is 114 Å². The molecule has 0 saturated carbocycles. The van der Waals surface area contributed by atoms with Crippen molar-refractivity contribution >= 4 is 10.0 Å². The highest BCUT2D eigenvalue weighted by Gasteiger charge is 2.19. The van der Waals surface area contributed by atoms with Crippen LogP contribution in [0.3, 0.4) is 0 Å². The van der Waals surface area contributed by atoms with Gasteiger partial charge in [-0.05, 0) is 12.1 Å². The van der Waals surface area contributed by atoms with Gasteiger partial charge in [-0.2, -0.15) is 5.21 Å². The van der Waals surface area contributed by atoms with Gasteiger partial charge >= 0.3 is 0 Å². The lowest BCUT2D eigenvalue weighted by Gasteiger charge is -2.18. The number of nitrogens with one attached hydrogen (secondary N) is 2. The molecule has 0 spiro atoms. The Bertz CT molecular complexity index is 700. The van der Waals surface area contributed by atoms with E-state index in [1.54, 1.807) is 6.07 Å². The average Bonchev–Trinajstić information content (AvgIpc) is 2.98. The minimum Gasteiger partial charge on any atom is -0.486 e. The molecule has 3 rings (SSSR count). The van der Waals surface area contributed by atoms with Crippen molar-refractivity contribution < 1.29 is 17.9 Å². The van der Waals surface area contributed by atoms with Gasteiger partial charge in [0, 0.05) is 6.07 Å². The Kier molecular flexibility index (Phi) is 3.24. The molecule has 2 aromatic rings. The van der Waals surface area contributed by atoms with Gasteiger partial charge in [0.1, 0.15) is 13.2 Å². The maximum absolute atomic E-state index is 12.1. The summed E-state index contributed by atoms with van der Waals surface area (Å²) in [4.78, 5) is 0.0882. The van der Waals surface area contributed by atoms with Crippen LogP contribution >= 0.6 is 0 Å². The fraction of sp³-hybridized carbons (Fsp3) is 0.300. The van der Waals surface area contributed by atoms with Crippen LogP contribution in [0, 0.1) is 0 Å². The number of ether oxygens (including phenoxy) is 2. The van der Waals surface area contributed by atoms with Gasteiger partial charge in [0.05, 0.1) is 11.4 Å². The second kappa shape index (κ2) is 5.06. The monoisotopic (exact) mass is 297 g/mol. The van der Waals surface area contributed by atoms with E-state index in [0.29, 0.717) is 24.7 Å². The molecule has 10 heteroatoms. The predicted molar refractivity (Wildman–Crippen MR) is 65.6 cm³/mol. The Morgan fingerprint density at radius 1 is 1.25 bits per heavy atom. The first-order chi connectivity index (χ1) is 9.65. The Balaban J connectivity index is 1.80. The summed E-state index contributed by atoms with van der Waals surface area (Å²) in [6.45, 7) is 0.801. The van der Waals surface area contributed by atoms with Gasteiger partial charge in [0.15, 0.2) is 17.3 Å². The third-order valence-electron chi connectivity index (χ3n) is 2.63. The summed E-state index contributed by atoms with van der Waals surface area (Å²) in [6, 6.07) is 4.44. The molecule has 106 valence electrons. The summed E-state index contributed by atoms with van der Waals surface area (Å²) in [5.74, 6) is 1.21. The molecule has 0 unspecified atom stereocenters. The van der Waals surface area contributed by atoms with Crippen LogP contribution in [0.25, 0.3) is 0 Å². The Hall–Kier alpha value is -2.20. The molecule has 1 aliphatic rings. The molecule has 2 heterocycles. The van der Waals surface area contributed by atoms with Crippen LogP contribution < -0.4 is 14.2 Å². The second-order valence-electron chi connectivity index (χ2n) is 3.96. The van der Waals surface area contributed by atoms with Crippen molar-refractivity contribution in [2.45, 2.75) is 11.4 Å². The van der Waals surface area contributed by atoms with E-state index in [1.165, 1.54) is 12.1 Å². The second-order valence-corrected chi connectivity index (χ2v) is 5.73. The quantitative estimate of drug-likeness (QED) is 0.777. The molecule has 1 aromatic carbocycles. The first-order valence-corrected chi connectivity index (χ1v) is 7.25. The minimum absolute atomic E-state index is 0.0483. The number of hydrogen-bond donors (Lipinski definition) is 2. The summed E-state index contributed by atoms with van der Waals surface area (Å²) < 4.78 is 37.3. The first kappa shape index (κ1) is 12.8. The lowest BCUT2D eigenvalue weighted by Crippen LogP contribution is -2.24. The van der Waals surface area contributed by atoms with Crippen LogP contribution in [-0.2, 0) is 16.6 Å². The molecule has 0 atom stereocenters. The first-order valence-electron chi connectivity index (χ1n) is 5.77. The lowest BCUT2D eigenvalue weighted by molar-refractivity contribution is 0.171. The van der Waals surface area contributed by atoms with Crippen LogP contribution in [0.1, 0.15) is 5.82 Å². The lowest BCUT2D eigenvalue weighted by atomic mass is 10.3. The topological polar surface area (TPSA) is 119 Å². The summed E-state index contributed by atoms with van der Waals surface area (Å²) in [5.41, 5.74) is 0. The number of fused-ring (bicyclic) bond motifs is 1. The van der Waals surface area contributed by atoms with Crippen molar-refractivity contribution in [3.05, 3.63) is 24.0 Å². The molecule has 0 amide bonds. The zero-order chi connectivity index (χ0) is 14.0. The molecule has 0 saturated heterocycles. The summed E-state index contributed by atoms with van der Waals surface area (Å²) in [7, 11) is -3.68. The zero-order valence-electron chi connectivity index (χ0n) is 10.2. The van der Waals surface area contributed by atoms with E-state index in [1.807, 2.05) is 0 Å². The van der Waals surface area contributed by atoms with Crippen molar-refractivity contribution in [3.8, 4) is 11.5 Å². The number of H-pyrrole nitrogens is 1. The number of benzene rings is 1. The zero-order valence-corrected chi connectivity index (χ0v) is 11.1. The van der Waals surface area contributed by atoms with E-state index in [2.05, 4.69) is 25.3 Å². The van der Waals surface area contributed by atoms with Crippen LogP contribution in [0.2, 0.25) is 0 Å². The molecule has 9 nitrogen and oxygen atoms in total. The molecule has 0 bridgehead atoms.